The first-order valence-corrected chi connectivity index (χ1v) is 8.19. The predicted octanol–water partition coefficient (Wildman–Crippen LogP) is 2.57. The lowest BCUT2D eigenvalue weighted by atomic mass is 9.78. The van der Waals surface area contributed by atoms with E-state index in [0.29, 0.717) is 12.5 Å². The number of carbonyl (C=O) groups excluding carboxylic acids is 1. The highest BCUT2D eigenvalue weighted by Gasteiger charge is 2.29. The van der Waals surface area contributed by atoms with Crippen molar-refractivity contribution < 1.29 is 19.4 Å². The number of carboxylic acids is 1. The van der Waals surface area contributed by atoms with Crippen LogP contribution in [0.15, 0.2) is 30.3 Å². The highest BCUT2D eigenvalue weighted by Crippen LogP contribution is 2.35. The first-order valence-electron chi connectivity index (χ1n) is 8.19. The van der Waals surface area contributed by atoms with Crippen LogP contribution in [-0.2, 0) is 14.3 Å². The molecule has 5 nitrogen and oxygen atoms in total. The van der Waals surface area contributed by atoms with Crippen LogP contribution in [0.25, 0.3) is 0 Å². The molecule has 1 aliphatic rings. The van der Waals surface area contributed by atoms with E-state index in [4.69, 9.17) is 9.84 Å². The van der Waals surface area contributed by atoms with E-state index >= 15 is 0 Å². The molecule has 1 atom stereocenters. The summed E-state index contributed by atoms with van der Waals surface area (Å²) in [6.45, 7) is 0.317. The topological polar surface area (TPSA) is 75.6 Å². The number of ether oxygens (including phenoxy) is 1. The first kappa shape index (κ1) is 17.5. The van der Waals surface area contributed by atoms with Gasteiger partial charge in [-0.25, -0.2) is 4.79 Å². The molecule has 1 unspecified atom stereocenters. The third kappa shape index (κ3) is 5.06. The minimum atomic E-state index is -1.01. The number of hydrogen-bond acceptors (Lipinski definition) is 3. The summed E-state index contributed by atoms with van der Waals surface area (Å²) in [6, 6.07) is 9.50. The Kier molecular flexibility index (Phi) is 6.59. The number of carboxylic acid groups (broad SMARTS) is 1. The number of benzene rings is 1. The van der Waals surface area contributed by atoms with Crippen molar-refractivity contribution >= 4 is 11.9 Å². The van der Waals surface area contributed by atoms with Crippen molar-refractivity contribution in [1.29, 1.82) is 0 Å². The van der Waals surface area contributed by atoms with Gasteiger partial charge in [-0.3, -0.25) is 4.79 Å². The zero-order valence-corrected chi connectivity index (χ0v) is 13.5. The maximum absolute atomic E-state index is 12.3. The Labute approximate surface area is 137 Å². The maximum atomic E-state index is 12.3. The Bertz CT molecular complexity index is 509. The lowest BCUT2D eigenvalue weighted by molar-refractivity contribution is -0.143. The molecule has 0 radical (unpaired) electrons. The molecular formula is C18H25NO4. The van der Waals surface area contributed by atoms with E-state index in [0.717, 1.165) is 25.7 Å². The molecule has 1 aliphatic carbocycles. The fourth-order valence-corrected chi connectivity index (χ4v) is 3.20. The van der Waals surface area contributed by atoms with Crippen molar-refractivity contribution in [1.82, 2.24) is 5.32 Å². The number of methoxy groups -OCH3 is 1. The Balaban J connectivity index is 1.84. The van der Waals surface area contributed by atoms with Crippen LogP contribution in [0.3, 0.4) is 0 Å². The SMILES string of the molecule is COCCC(NC(=O)C1CCC(c2ccccc2)CC1)C(=O)O. The van der Waals surface area contributed by atoms with Gasteiger partial charge in [0.15, 0.2) is 0 Å². The normalized spacial score (nSPS) is 22.3. The van der Waals surface area contributed by atoms with Gasteiger partial charge in [0, 0.05) is 26.1 Å². The van der Waals surface area contributed by atoms with Gasteiger partial charge >= 0.3 is 5.97 Å². The Morgan fingerprint density at radius 3 is 2.43 bits per heavy atom. The number of hydrogen-bond donors (Lipinski definition) is 2. The van der Waals surface area contributed by atoms with Gasteiger partial charge in [0.1, 0.15) is 6.04 Å². The van der Waals surface area contributed by atoms with Gasteiger partial charge in [-0.15, -0.1) is 0 Å². The summed E-state index contributed by atoms with van der Waals surface area (Å²) in [4.78, 5) is 23.5. The van der Waals surface area contributed by atoms with Gasteiger partial charge in [0.05, 0.1) is 0 Å². The quantitative estimate of drug-likeness (QED) is 0.810. The predicted molar refractivity (Wildman–Crippen MR) is 87.2 cm³/mol. The molecule has 1 aromatic rings. The monoisotopic (exact) mass is 319 g/mol. The average Bonchev–Trinajstić information content (AvgIpc) is 2.59. The number of aliphatic carboxylic acids is 1. The lowest BCUT2D eigenvalue weighted by Crippen LogP contribution is -2.44. The molecular weight excluding hydrogens is 294 g/mol. The molecule has 0 bridgehead atoms. The minimum absolute atomic E-state index is 0.0839. The van der Waals surface area contributed by atoms with Gasteiger partial charge in [0.25, 0.3) is 0 Å². The standard InChI is InChI=1S/C18H25NO4/c1-23-12-11-16(18(21)22)19-17(20)15-9-7-14(8-10-15)13-5-3-2-4-6-13/h2-6,14-16H,7-12H2,1H3,(H,19,20)(H,21,22). The first-order chi connectivity index (χ1) is 11.1. The molecule has 126 valence electrons. The van der Waals surface area contributed by atoms with Gasteiger partial charge in [-0.05, 0) is 37.2 Å². The summed E-state index contributed by atoms with van der Waals surface area (Å²) in [5.74, 6) is -0.725. The molecule has 5 heteroatoms. The van der Waals surface area contributed by atoms with Crippen molar-refractivity contribution in [2.45, 2.75) is 44.1 Å². The van der Waals surface area contributed by atoms with Gasteiger partial charge < -0.3 is 15.2 Å². The Hall–Kier alpha value is -1.88. The van der Waals surface area contributed by atoms with Crippen LogP contribution in [0.5, 0.6) is 0 Å². The van der Waals surface area contributed by atoms with Crippen LogP contribution in [0, 0.1) is 5.92 Å². The highest BCUT2D eigenvalue weighted by atomic mass is 16.5. The van der Waals surface area contributed by atoms with Crippen LogP contribution in [0.1, 0.15) is 43.6 Å². The second-order valence-corrected chi connectivity index (χ2v) is 6.14. The fourth-order valence-electron chi connectivity index (χ4n) is 3.20. The van der Waals surface area contributed by atoms with Crippen LogP contribution >= 0.6 is 0 Å². The number of amides is 1. The van der Waals surface area contributed by atoms with E-state index in [1.807, 2.05) is 18.2 Å². The summed E-state index contributed by atoms with van der Waals surface area (Å²) in [6.07, 6.45) is 3.84. The van der Waals surface area contributed by atoms with Gasteiger partial charge in [0.2, 0.25) is 5.91 Å². The number of nitrogens with one attached hydrogen (secondary N) is 1. The van der Waals surface area contributed by atoms with Crippen molar-refractivity contribution in [3.8, 4) is 0 Å². The molecule has 1 saturated carbocycles. The van der Waals surface area contributed by atoms with E-state index in [2.05, 4.69) is 17.4 Å². The molecule has 0 heterocycles. The summed E-state index contributed by atoms with van der Waals surface area (Å²) in [5.41, 5.74) is 1.33. The van der Waals surface area contributed by atoms with Crippen molar-refractivity contribution in [2.24, 2.45) is 5.92 Å². The van der Waals surface area contributed by atoms with Gasteiger partial charge in [-0.2, -0.15) is 0 Å². The Morgan fingerprint density at radius 2 is 1.87 bits per heavy atom. The van der Waals surface area contributed by atoms with E-state index in [9.17, 15) is 9.59 Å². The minimum Gasteiger partial charge on any atom is -0.480 e. The van der Waals surface area contributed by atoms with E-state index in [1.165, 1.54) is 12.7 Å². The molecule has 0 aliphatic heterocycles. The second-order valence-electron chi connectivity index (χ2n) is 6.14. The number of carbonyl (C=O) groups is 2. The van der Waals surface area contributed by atoms with Crippen LogP contribution in [0.4, 0.5) is 0 Å². The smallest absolute Gasteiger partial charge is 0.326 e. The third-order valence-corrected chi connectivity index (χ3v) is 4.59. The second kappa shape index (κ2) is 8.67. The number of rotatable bonds is 7. The molecule has 0 saturated heterocycles. The largest absolute Gasteiger partial charge is 0.480 e. The van der Waals surface area contributed by atoms with E-state index in [1.54, 1.807) is 0 Å². The summed E-state index contributed by atoms with van der Waals surface area (Å²) < 4.78 is 4.90. The molecule has 1 aromatic carbocycles. The van der Waals surface area contributed by atoms with Crippen molar-refractivity contribution in [3.05, 3.63) is 35.9 Å². The molecule has 0 spiro atoms. The molecule has 23 heavy (non-hydrogen) atoms. The maximum Gasteiger partial charge on any atom is 0.326 e. The van der Waals surface area contributed by atoms with Crippen molar-refractivity contribution in [2.75, 3.05) is 13.7 Å². The fraction of sp³-hybridized carbons (Fsp3) is 0.556. The van der Waals surface area contributed by atoms with E-state index < -0.39 is 12.0 Å². The lowest BCUT2D eigenvalue weighted by Gasteiger charge is -2.29. The van der Waals surface area contributed by atoms with Crippen molar-refractivity contribution in [3.63, 3.8) is 0 Å². The molecule has 0 aromatic heterocycles. The zero-order chi connectivity index (χ0) is 16.7. The van der Waals surface area contributed by atoms with Gasteiger partial charge in [-0.1, -0.05) is 30.3 Å². The summed E-state index contributed by atoms with van der Waals surface area (Å²) in [5, 5.41) is 11.8. The van der Waals surface area contributed by atoms with Crippen LogP contribution in [-0.4, -0.2) is 36.7 Å². The van der Waals surface area contributed by atoms with Crippen LogP contribution < -0.4 is 5.32 Å². The summed E-state index contributed by atoms with van der Waals surface area (Å²) in [7, 11) is 1.52. The molecule has 2 N–H and O–H groups in total. The average molecular weight is 319 g/mol. The van der Waals surface area contributed by atoms with Crippen LogP contribution in [0.2, 0.25) is 0 Å². The molecule has 1 amide bonds. The highest BCUT2D eigenvalue weighted by molar-refractivity contribution is 5.85. The van der Waals surface area contributed by atoms with E-state index in [-0.39, 0.29) is 18.2 Å². The summed E-state index contributed by atoms with van der Waals surface area (Å²) >= 11 is 0. The molecule has 1 fully saturated rings. The zero-order valence-electron chi connectivity index (χ0n) is 13.5. The third-order valence-electron chi connectivity index (χ3n) is 4.59. The molecule has 2 rings (SSSR count). The Morgan fingerprint density at radius 1 is 1.22 bits per heavy atom.